The van der Waals surface area contributed by atoms with E-state index in [1.165, 1.54) is 36.9 Å². The molecule has 0 unspecified atom stereocenters. The molecule has 1 fully saturated rings. The molecule has 2 atom stereocenters. The molecule has 1 saturated carbocycles. The fourth-order valence-corrected chi connectivity index (χ4v) is 5.00. The average molecular weight is 382 g/mol. The molecule has 4 nitrogen and oxygen atoms in total. The molecule has 0 saturated heterocycles. The average Bonchev–Trinajstić information content (AvgIpc) is 2.67. The van der Waals surface area contributed by atoms with Gasteiger partial charge >= 0.3 is 0 Å². The lowest BCUT2D eigenvalue weighted by atomic mass is 9.81. The van der Waals surface area contributed by atoms with Gasteiger partial charge in [0, 0.05) is 24.3 Å². The second-order valence-corrected chi connectivity index (χ2v) is 8.70. The van der Waals surface area contributed by atoms with Gasteiger partial charge in [-0.2, -0.15) is 0 Å². The van der Waals surface area contributed by atoms with Crippen molar-refractivity contribution in [3.8, 4) is 17.2 Å². The van der Waals surface area contributed by atoms with Crippen LogP contribution in [0.2, 0.25) is 0 Å². The van der Waals surface area contributed by atoms with E-state index in [2.05, 4.69) is 25.2 Å². The van der Waals surface area contributed by atoms with Gasteiger partial charge < -0.3 is 19.1 Å². The Bertz CT molecular complexity index is 846. The molecule has 0 spiro atoms. The molecule has 2 aromatic rings. The van der Waals surface area contributed by atoms with Gasteiger partial charge in [-0.3, -0.25) is 0 Å². The lowest BCUT2D eigenvalue weighted by Gasteiger charge is -2.48. The van der Waals surface area contributed by atoms with Gasteiger partial charge in [0.15, 0.2) is 0 Å². The van der Waals surface area contributed by atoms with Gasteiger partial charge in [-0.1, -0.05) is 24.3 Å². The number of likely N-dealkylation sites (N-methyl/N-ethyl adjacent to an activating group) is 1. The Hall–Kier alpha value is -2.20. The summed E-state index contributed by atoms with van der Waals surface area (Å²) in [6.45, 7) is 2.37. The minimum Gasteiger partial charge on any atom is -0.870 e. The Morgan fingerprint density at radius 2 is 1.89 bits per heavy atom. The van der Waals surface area contributed by atoms with E-state index in [0.29, 0.717) is 11.8 Å². The van der Waals surface area contributed by atoms with E-state index in [4.69, 9.17) is 9.47 Å². The number of hydrogen-bond donors (Lipinski definition) is 0. The number of rotatable bonds is 6. The lowest BCUT2D eigenvalue weighted by Crippen LogP contribution is -2.55. The summed E-state index contributed by atoms with van der Waals surface area (Å²) in [6, 6.07) is 12.5. The molecule has 28 heavy (non-hydrogen) atoms. The first-order valence-corrected chi connectivity index (χ1v) is 10.4. The van der Waals surface area contributed by atoms with Gasteiger partial charge in [-0.25, -0.2) is 0 Å². The monoisotopic (exact) mass is 381 g/mol. The van der Waals surface area contributed by atoms with Gasteiger partial charge in [0.1, 0.15) is 17.5 Å². The number of quaternary nitrogens is 1. The summed E-state index contributed by atoms with van der Waals surface area (Å²) >= 11 is 0. The summed E-state index contributed by atoms with van der Waals surface area (Å²) < 4.78 is 11.7. The van der Waals surface area contributed by atoms with Gasteiger partial charge in [0.25, 0.3) is 0 Å². The van der Waals surface area contributed by atoms with Crippen LogP contribution in [0.15, 0.2) is 36.4 Å². The van der Waals surface area contributed by atoms with Crippen LogP contribution < -0.4 is 14.6 Å². The zero-order valence-corrected chi connectivity index (χ0v) is 17.2. The van der Waals surface area contributed by atoms with Gasteiger partial charge in [-0.15, -0.1) is 0 Å². The molecule has 0 N–H and O–H groups in total. The maximum atomic E-state index is 12.3. The van der Waals surface area contributed by atoms with Crippen molar-refractivity contribution >= 4 is 0 Å². The minimum absolute atomic E-state index is 0.0287. The smallest absolute Gasteiger partial charge is 0.119 e. The van der Waals surface area contributed by atoms with Crippen molar-refractivity contribution in [2.45, 2.75) is 38.1 Å². The first-order valence-electron chi connectivity index (χ1n) is 10.4. The SMILES string of the molecule is COc1ccc2c(c1)CC[N@@+](C)(CC1CCC1)[C@H]2Cc1ccc(OC)c([O-])c1. The molecule has 1 aliphatic carbocycles. The van der Waals surface area contributed by atoms with Crippen LogP contribution in [0.3, 0.4) is 0 Å². The van der Waals surface area contributed by atoms with Crippen molar-refractivity contribution in [2.75, 3.05) is 34.4 Å². The molecule has 0 amide bonds. The van der Waals surface area contributed by atoms with Crippen molar-refractivity contribution in [1.29, 1.82) is 0 Å². The Morgan fingerprint density at radius 1 is 1.07 bits per heavy atom. The molecule has 4 rings (SSSR count). The van der Waals surface area contributed by atoms with Crippen molar-refractivity contribution in [2.24, 2.45) is 5.92 Å². The first kappa shape index (κ1) is 19.1. The number of nitrogens with zero attached hydrogens (tertiary/aromatic N) is 1. The van der Waals surface area contributed by atoms with Crippen LogP contribution in [-0.4, -0.2) is 38.8 Å². The summed E-state index contributed by atoms with van der Waals surface area (Å²) in [5.74, 6) is 2.17. The topological polar surface area (TPSA) is 41.5 Å². The Labute approximate surface area is 168 Å². The van der Waals surface area contributed by atoms with Crippen molar-refractivity contribution in [3.05, 3.63) is 53.1 Å². The largest absolute Gasteiger partial charge is 0.870 e. The van der Waals surface area contributed by atoms with E-state index in [-0.39, 0.29) is 5.75 Å². The number of fused-ring (bicyclic) bond motifs is 1. The van der Waals surface area contributed by atoms with Crippen LogP contribution in [0.5, 0.6) is 17.2 Å². The fourth-order valence-electron chi connectivity index (χ4n) is 5.00. The summed E-state index contributed by atoms with van der Waals surface area (Å²) in [5, 5.41) is 12.3. The van der Waals surface area contributed by atoms with Crippen LogP contribution >= 0.6 is 0 Å². The highest BCUT2D eigenvalue weighted by Gasteiger charge is 2.41. The molecule has 2 aromatic carbocycles. The predicted octanol–water partition coefficient (Wildman–Crippen LogP) is 3.86. The summed E-state index contributed by atoms with van der Waals surface area (Å²) in [7, 11) is 5.69. The van der Waals surface area contributed by atoms with Crippen LogP contribution in [0.1, 0.15) is 42.0 Å². The summed E-state index contributed by atoms with van der Waals surface area (Å²) in [6.07, 6.45) is 6.07. The van der Waals surface area contributed by atoms with E-state index in [1.807, 2.05) is 12.1 Å². The van der Waals surface area contributed by atoms with Gasteiger partial charge in [0.2, 0.25) is 0 Å². The van der Waals surface area contributed by atoms with Crippen molar-refractivity contribution in [3.63, 3.8) is 0 Å². The Balaban J connectivity index is 1.68. The van der Waals surface area contributed by atoms with Crippen LogP contribution in [0.25, 0.3) is 0 Å². The van der Waals surface area contributed by atoms with E-state index in [0.717, 1.165) is 41.1 Å². The molecule has 0 bridgehead atoms. The zero-order chi connectivity index (χ0) is 19.7. The third kappa shape index (κ3) is 3.58. The summed E-state index contributed by atoms with van der Waals surface area (Å²) in [4.78, 5) is 0. The van der Waals surface area contributed by atoms with Gasteiger partial charge in [0.05, 0.1) is 34.4 Å². The van der Waals surface area contributed by atoms with Crippen molar-refractivity contribution in [1.82, 2.24) is 0 Å². The molecule has 0 aromatic heterocycles. The minimum atomic E-state index is -0.0287. The molecule has 0 radical (unpaired) electrons. The maximum Gasteiger partial charge on any atom is 0.119 e. The fraction of sp³-hybridized carbons (Fsp3) is 0.500. The Morgan fingerprint density at radius 3 is 2.54 bits per heavy atom. The standard InChI is InChI=1S/C24H31NO3/c1-25(16-17-5-4-6-17)12-11-19-15-20(27-2)8-9-21(19)22(25)13-18-7-10-24(28-3)23(26)14-18/h7-10,14-15,17,22H,4-6,11-13,16H2,1-3H3/t22-,25-/m0/s1. The highest BCUT2D eigenvalue weighted by molar-refractivity contribution is 5.43. The highest BCUT2D eigenvalue weighted by atomic mass is 16.5. The molecular weight excluding hydrogens is 350 g/mol. The normalized spacial score (nSPS) is 24.3. The first-order chi connectivity index (χ1) is 13.5. The summed E-state index contributed by atoms with van der Waals surface area (Å²) in [5.41, 5.74) is 3.90. The lowest BCUT2D eigenvalue weighted by molar-refractivity contribution is -0.945. The van der Waals surface area contributed by atoms with Crippen LogP contribution in [0.4, 0.5) is 0 Å². The molecule has 1 aliphatic heterocycles. The molecule has 2 aliphatic rings. The van der Waals surface area contributed by atoms with Gasteiger partial charge in [-0.05, 0) is 48.2 Å². The Kier molecular flexibility index (Phi) is 5.24. The quantitative estimate of drug-likeness (QED) is 0.714. The number of benzene rings is 2. The molecular formula is C24H31NO3. The second kappa shape index (κ2) is 7.67. The van der Waals surface area contributed by atoms with Crippen LogP contribution in [0, 0.1) is 5.92 Å². The van der Waals surface area contributed by atoms with Crippen molar-refractivity contribution < 1.29 is 19.1 Å². The van der Waals surface area contributed by atoms with E-state index in [9.17, 15) is 5.11 Å². The third-order valence-electron chi connectivity index (χ3n) is 6.91. The number of ether oxygens (including phenoxy) is 2. The molecule has 4 heteroatoms. The second-order valence-electron chi connectivity index (χ2n) is 8.70. The molecule has 150 valence electrons. The highest BCUT2D eigenvalue weighted by Crippen LogP contribution is 2.42. The zero-order valence-electron chi connectivity index (χ0n) is 17.2. The van der Waals surface area contributed by atoms with Crippen LogP contribution in [-0.2, 0) is 12.8 Å². The van der Waals surface area contributed by atoms with E-state index in [1.54, 1.807) is 20.3 Å². The predicted molar refractivity (Wildman–Crippen MR) is 109 cm³/mol. The third-order valence-corrected chi connectivity index (χ3v) is 6.91. The van der Waals surface area contributed by atoms with E-state index >= 15 is 0 Å². The van der Waals surface area contributed by atoms with E-state index < -0.39 is 0 Å². The maximum absolute atomic E-state index is 12.3. The molecule has 1 heterocycles. The number of hydrogen-bond acceptors (Lipinski definition) is 3. The number of methoxy groups -OCH3 is 2.